The number of aromatic nitrogens is 3. The van der Waals surface area contributed by atoms with Crippen molar-refractivity contribution in [2.75, 3.05) is 5.32 Å². The van der Waals surface area contributed by atoms with Gasteiger partial charge < -0.3 is 5.32 Å². The number of carbonyl (C=O) groups is 1. The molecule has 0 saturated carbocycles. The molecular formula is C24H21FN4O. The third-order valence-corrected chi connectivity index (χ3v) is 4.96. The van der Waals surface area contributed by atoms with E-state index in [0.717, 1.165) is 12.0 Å². The second-order valence-electron chi connectivity index (χ2n) is 7.12. The molecule has 1 amide bonds. The fourth-order valence-electron chi connectivity index (χ4n) is 3.44. The lowest BCUT2D eigenvalue weighted by molar-refractivity contribution is 0.102. The van der Waals surface area contributed by atoms with E-state index in [1.807, 2.05) is 43.3 Å². The molecule has 4 rings (SSSR count). The van der Waals surface area contributed by atoms with Crippen LogP contribution in [-0.2, 0) is 6.42 Å². The van der Waals surface area contributed by atoms with E-state index in [2.05, 4.69) is 15.4 Å². The van der Waals surface area contributed by atoms with E-state index in [4.69, 9.17) is 0 Å². The molecule has 2 aromatic carbocycles. The molecule has 1 N–H and O–H groups in total. The van der Waals surface area contributed by atoms with Crippen molar-refractivity contribution >= 4 is 11.6 Å². The van der Waals surface area contributed by atoms with Gasteiger partial charge in [0.2, 0.25) is 0 Å². The van der Waals surface area contributed by atoms with Crippen molar-refractivity contribution in [2.45, 2.75) is 20.3 Å². The predicted octanol–water partition coefficient (Wildman–Crippen LogP) is 4.87. The summed E-state index contributed by atoms with van der Waals surface area (Å²) in [5.41, 5.74) is 5.58. The molecule has 6 heteroatoms. The number of benzene rings is 2. The Morgan fingerprint density at radius 1 is 0.933 bits per heavy atom. The number of pyridine rings is 1. The molecule has 150 valence electrons. The van der Waals surface area contributed by atoms with Crippen molar-refractivity contribution in [1.29, 1.82) is 0 Å². The average Bonchev–Trinajstić information content (AvgIpc) is 3.05. The monoisotopic (exact) mass is 400 g/mol. The van der Waals surface area contributed by atoms with Crippen LogP contribution >= 0.6 is 0 Å². The minimum absolute atomic E-state index is 0.222. The Kier molecular flexibility index (Phi) is 5.39. The molecule has 4 aromatic rings. The maximum atomic E-state index is 13.2. The molecule has 0 bridgehead atoms. The Morgan fingerprint density at radius 3 is 2.23 bits per heavy atom. The summed E-state index contributed by atoms with van der Waals surface area (Å²) in [5.74, 6) is -0.536. The second-order valence-corrected chi connectivity index (χ2v) is 7.12. The summed E-state index contributed by atoms with van der Waals surface area (Å²) >= 11 is 0. The van der Waals surface area contributed by atoms with Crippen LogP contribution < -0.4 is 5.32 Å². The highest BCUT2D eigenvalue weighted by molar-refractivity contribution is 6.05. The summed E-state index contributed by atoms with van der Waals surface area (Å²) in [7, 11) is 0. The summed E-state index contributed by atoms with van der Waals surface area (Å²) in [4.78, 5) is 16.9. The van der Waals surface area contributed by atoms with Crippen LogP contribution in [0.5, 0.6) is 0 Å². The second kappa shape index (κ2) is 8.29. The first kappa shape index (κ1) is 19.5. The molecule has 2 heterocycles. The molecule has 0 aliphatic rings. The molecule has 2 aromatic heterocycles. The molecule has 0 radical (unpaired) electrons. The van der Waals surface area contributed by atoms with Gasteiger partial charge in [-0.05, 0) is 79.9 Å². The minimum atomic E-state index is -0.314. The van der Waals surface area contributed by atoms with Crippen LogP contribution in [0.4, 0.5) is 10.1 Å². The standard InChI is InChI=1S/C24H21FN4O/c1-16-23(17(2)29(28-16)22-9-5-20(25)6-10-22)24(30)27-21-7-3-18(4-8-21)15-19-11-13-26-14-12-19/h3-14H,15H2,1-2H3,(H,27,30). The van der Waals surface area contributed by atoms with Gasteiger partial charge >= 0.3 is 0 Å². The summed E-state index contributed by atoms with van der Waals surface area (Å²) in [6, 6.07) is 17.8. The van der Waals surface area contributed by atoms with Crippen LogP contribution in [-0.4, -0.2) is 20.7 Å². The van der Waals surface area contributed by atoms with E-state index >= 15 is 0 Å². The lowest BCUT2D eigenvalue weighted by atomic mass is 10.1. The van der Waals surface area contributed by atoms with Crippen molar-refractivity contribution in [2.24, 2.45) is 0 Å². The van der Waals surface area contributed by atoms with Crippen LogP contribution in [0.25, 0.3) is 5.69 Å². The van der Waals surface area contributed by atoms with E-state index in [0.29, 0.717) is 28.3 Å². The predicted molar refractivity (Wildman–Crippen MR) is 114 cm³/mol. The Hall–Kier alpha value is -3.80. The van der Waals surface area contributed by atoms with Gasteiger partial charge in [-0.15, -0.1) is 0 Å². The number of anilines is 1. The third kappa shape index (κ3) is 4.12. The van der Waals surface area contributed by atoms with Crippen LogP contribution in [0.15, 0.2) is 73.1 Å². The zero-order valence-corrected chi connectivity index (χ0v) is 16.8. The third-order valence-electron chi connectivity index (χ3n) is 4.96. The van der Waals surface area contributed by atoms with Gasteiger partial charge in [-0.2, -0.15) is 5.10 Å². The fraction of sp³-hybridized carbons (Fsp3) is 0.125. The number of nitrogens with zero attached hydrogens (tertiary/aromatic N) is 3. The summed E-state index contributed by atoms with van der Waals surface area (Å²) < 4.78 is 14.9. The summed E-state index contributed by atoms with van der Waals surface area (Å²) in [6.07, 6.45) is 4.36. The molecule has 0 fully saturated rings. The molecule has 0 atom stereocenters. The quantitative estimate of drug-likeness (QED) is 0.520. The van der Waals surface area contributed by atoms with Crippen molar-refractivity contribution in [3.05, 3.63) is 107 Å². The van der Waals surface area contributed by atoms with Crippen molar-refractivity contribution in [1.82, 2.24) is 14.8 Å². The van der Waals surface area contributed by atoms with Gasteiger partial charge in [-0.3, -0.25) is 9.78 Å². The number of hydrogen-bond donors (Lipinski definition) is 1. The summed E-state index contributed by atoms with van der Waals surface area (Å²) in [6.45, 7) is 3.62. The molecule has 0 aliphatic heterocycles. The molecule has 5 nitrogen and oxygen atoms in total. The zero-order valence-electron chi connectivity index (χ0n) is 16.8. The van der Waals surface area contributed by atoms with E-state index < -0.39 is 0 Å². The van der Waals surface area contributed by atoms with Gasteiger partial charge in [0.25, 0.3) is 5.91 Å². The topological polar surface area (TPSA) is 59.8 Å². The fourth-order valence-corrected chi connectivity index (χ4v) is 3.44. The number of carbonyl (C=O) groups excluding carboxylic acids is 1. The lowest BCUT2D eigenvalue weighted by Gasteiger charge is -2.08. The number of amides is 1. The van der Waals surface area contributed by atoms with Crippen molar-refractivity contribution in [3.8, 4) is 5.69 Å². The number of hydrogen-bond acceptors (Lipinski definition) is 3. The highest BCUT2D eigenvalue weighted by Crippen LogP contribution is 2.20. The van der Waals surface area contributed by atoms with Crippen LogP contribution in [0.2, 0.25) is 0 Å². The number of nitrogens with one attached hydrogen (secondary N) is 1. The average molecular weight is 400 g/mol. The largest absolute Gasteiger partial charge is 0.322 e. The van der Waals surface area contributed by atoms with Crippen molar-refractivity contribution in [3.63, 3.8) is 0 Å². The Balaban J connectivity index is 1.51. The van der Waals surface area contributed by atoms with E-state index in [1.165, 1.54) is 17.7 Å². The Labute approximate surface area is 174 Å². The van der Waals surface area contributed by atoms with Crippen LogP contribution in [0, 0.1) is 19.7 Å². The van der Waals surface area contributed by atoms with Gasteiger partial charge in [0.1, 0.15) is 5.82 Å². The number of halogens is 1. The van der Waals surface area contributed by atoms with Gasteiger partial charge in [0, 0.05) is 18.1 Å². The van der Waals surface area contributed by atoms with Crippen molar-refractivity contribution < 1.29 is 9.18 Å². The van der Waals surface area contributed by atoms with Crippen LogP contribution in [0.1, 0.15) is 32.9 Å². The maximum absolute atomic E-state index is 13.2. The first-order valence-electron chi connectivity index (χ1n) is 9.62. The van der Waals surface area contributed by atoms with Gasteiger partial charge in [0.15, 0.2) is 0 Å². The van der Waals surface area contributed by atoms with Gasteiger partial charge in [-0.1, -0.05) is 12.1 Å². The molecule has 0 unspecified atom stereocenters. The van der Waals surface area contributed by atoms with E-state index in [9.17, 15) is 9.18 Å². The number of aryl methyl sites for hydroxylation is 1. The minimum Gasteiger partial charge on any atom is -0.322 e. The van der Waals surface area contributed by atoms with E-state index in [-0.39, 0.29) is 11.7 Å². The Morgan fingerprint density at radius 2 is 1.57 bits per heavy atom. The highest BCUT2D eigenvalue weighted by Gasteiger charge is 2.19. The Bertz CT molecular complexity index is 1170. The number of rotatable bonds is 5. The molecule has 0 saturated heterocycles. The van der Waals surface area contributed by atoms with Gasteiger partial charge in [-0.25, -0.2) is 9.07 Å². The zero-order chi connectivity index (χ0) is 21.1. The molecule has 0 spiro atoms. The van der Waals surface area contributed by atoms with Gasteiger partial charge in [0.05, 0.1) is 22.6 Å². The first-order valence-corrected chi connectivity index (χ1v) is 9.62. The van der Waals surface area contributed by atoms with Crippen LogP contribution in [0.3, 0.4) is 0 Å². The molecule has 0 aliphatic carbocycles. The SMILES string of the molecule is Cc1nn(-c2ccc(F)cc2)c(C)c1C(=O)Nc1ccc(Cc2ccncc2)cc1. The first-order chi connectivity index (χ1) is 14.5. The molecular weight excluding hydrogens is 379 g/mol. The maximum Gasteiger partial charge on any atom is 0.259 e. The van der Waals surface area contributed by atoms with E-state index in [1.54, 1.807) is 36.1 Å². The summed E-state index contributed by atoms with van der Waals surface area (Å²) in [5, 5.41) is 7.40. The normalized spacial score (nSPS) is 10.8. The highest BCUT2D eigenvalue weighted by atomic mass is 19.1. The smallest absolute Gasteiger partial charge is 0.259 e. The lowest BCUT2D eigenvalue weighted by Crippen LogP contribution is -2.14. The molecule has 30 heavy (non-hydrogen) atoms.